The molecule has 0 aliphatic heterocycles. The fourth-order valence-electron chi connectivity index (χ4n) is 2.46. The molecule has 0 aliphatic carbocycles. The maximum absolute atomic E-state index is 11.7. The number of nitrogen functional groups attached to an aromatic ring is 2. The first kappa shape index (κ1) is 23.1. The lowest BCUT2D eigenvalue weighted by Gasteiger charge is -2.11. The Balaban J connectivity index is 1.56. The highest BCUT2D eigenvalue weighted by Gasteiger charge is 2.11. The van der Waals surface area contributed by atoms with Gasteiger partial charge in [-0.1, -0.05) is 24.3 Å². The first-order valence-corrected chi connectivity index (χ1v) is 9.28. The molecule has 0 atom stereocenters. The Kier molecular flexibility index (Phi) is 10.1. The van der Waals surface area contributed by atoms with Gasteiger partial charge >= 0.3 is 0 Å². The highest BCUT2D eigenvalue weighted by atomic mass is 16.6. The van der Waals surface area contributed by atoms with Crippen LogP contribution in [-0.4, -0.2) is 51.5 Å². The molecule has 2 aromatic rings. The molecule has 162 valence electrons. The van der Waals surface area contributed by atoms with Crippen molar-refractivity contribution in [1.82, 2.24) is 10.9 Å². The fraction of sp³-hybridized carbons (Fsp3) is 0.300. The number of hydrogen-bond acceptors (Lipinski definition) is 8. The van der Waals surface area contributed by atoms with Crippen molar-refractivity contribution < 1.29 is 28.5 Å². The summed E-state index contributed by atoms with van der Waals surface area (Å²) in [6, 6.07) is 13.6. The summed E-state index contributed by atoms with van der Waals surface area (Å²) in [4.78, 5) is 23.3. The van der Waals surface area contributed by atoms with Crippen LogP contribution in [-0.2, 0) is 9.47 Å². The monoisotopic (exact) mass is 418 g/mol. The topological polar surface area (TPSA) is 147 Å². The Bertz CT molecular complexity index is 750. The van der Waals surface area contributed by atoms with E-state index >= 15 is 0 Å². The van der Waals surface area contributed by atoms with Crippen LogP contribution in [0.2, 0.25) is 0 Å². The third kappa shape index (κ3) is 7.33. The first-order chi connectivity index (χ1) is 14.7. The Morgan fingerprint density at radius 1 is 0.633 bits per heavy atom. The molecule has 0 fully saturated rings. The molecule has 0 bridgehead atoms. The van der Waals surface area contributed by atoms with Crippen LogP contribution in [0.1, 0.15) is 20.7 Å². The Labute approximate surface area is 174 Å². The number of hydrazine groups is 2. The number of benzene rings is 2. The van der Waals surface area contributed by atoms with Crippen molar-refractivity contribution in [3.8, 4) is 11.5 Å². The smallest absolute Gasteiger partial charge is 0.268 e. The molecule has 30 heavy (non-hydrogen) atoms. The number of rotatable bonds is 13. The molecular formula is C20H26N4O6. The molecular weight excluding hydrogens is 392 g/mol. The minimum absolute atomic E-state index is 0.276. The van der Waals surface area contributed by atoms with E-state index in [0.717, 1.165) is 0 Å². The number of nitrogens with one attached hydrogen (secondary N) is 2. The second-order valence-electron chi connectivity index (χ2n) is 5.86. The fourth-order valence-corrected chi connectivity index (χ4v) is 2.46. The van der Waals surface area contributed by atoms with Crippen LogP contribution in [0.4, 0.5) is 0 Å². The van der Waals surface area contributed by atoms with E-state index in [9.17, 15) is 9.59 Å². The maximum Gasteiger partial charge on any atom is 0.268 e. The minimum atomic E-state index is -0.423. The van der Waals surface area contributed by atoms with Crippen LogP contribution >= 0.6 is 0 Å². The molecule has 2 aromatic carbocycles. The van der Waals surface area contributed by atoms with Crippen molar-refractivity contribution in [2.45, 2.75) is 0 Å². The summed E-state index contributed by atoms with van der Waals surface area (Å²) in [6.45, 7) is 1.97. The second-order valence-corrected chi connectivity index (χ2v) is 5.86. The van der Waals surface area contributed by atoms with Gasteiger partial charge in [-0.05, 0) is 24.3 Å². The van der Waals surface area contributed by atoms with Gasteiger partial charge in [-0.2, -0.15) is 0 Å². The highest BCUT2D eigenvalue weighted by Crippen LogP contribution is 2.18. The van der Waals surface area contributed by atoms with E-state index in [1.807, 2.05) is 0 Å². The molecule has 0 saturated carbocycles. The van der Waals surface area contributed by atoms with E-state index in [1.165, 1.54) is 0 Å². The summed E-state index contributed by atoms with van der Waals surface area (Å²) in [5.41, 5.74) is 4.86. The van der Waals surface area contributed by atoms with Gasteiger partial charge in [0.25, 0.3) is 11.8 Å². The summed E-state index contributed by atoms with van der Waals surface area (Å²) < 4.78 is 22.0. The molecule has 2 amide bonds. The third-order valence-corrected chi connectivity index (χ3v) is 3.87. The second kappa shape index (κ2) is 13.1. The van der Waals surface area contributed by atoms with Crippen LogP contribution in [0.15, 0.2) is 48.5 Å². The van der Waals surface area contributed by atoms with Gasteiger partial charge in [0, 0.05) is 0 Å². The van der Waals surface area contributed by atoms with Gasteiger partial charge in [0.1, 0.15) is 24.7 Å². The quantitative estimate of drug-likeness (QED) is 0.158. The molecule has 0 aromatic heterocycles. The van der Waals surface area contributed by atoms with E-state index in [4.69, 9.17) is 30.6 Å². The lowest BCUT2D eigenvalue weighted by Crippen LogP contribution is -2.30. The van der Waals surface area contributed by atoms with Gasteiger partial charge in [0.05, 0.1) is 37.6 Å². The average molecular weight is 418 g/mol. The van der Waals surface area contributed by atoms with Crippen LogP contribution in [0.5, 0.6) is 11.5 Å². The highest BCUT2D eigenvalue weighted by molar-refractivity contribution is 5.97. The van der Waals surface area contributed by atoms with Crippen molar-refractivity contribution >= 4 is 11.8 Å². The van der Waals surface area contributed by atoms with Gasteiger partial charge in [-0.25, -0.2) is 11.7 Å². The molecule has 0 radical (unpaired) electrons. The first-order valence-electron chi connectivity index (χ1n) is 9.28. The van der Waals surface area contributed by atoms with Gasteiger partial charge in [-0.3, -0.25) is 20.4 Å². The van der Waals surface area contributed by atoms with Crippen LogP contribution in [0.25, 0.3) is 0 Å². The summed E-state index contributed by atoms with van der Waals surface area (Å²) >= 11 is 0. The van der Waals surface area contributed by atoms with Crippen molar-refractivity contribution in [3.63, 3.8) is 0 Å². The van der Waals surface area contributed by atoms with Crippen molar-refractivity contribution in [1.29, 1.82) is 0 Å². The largest absolute Gasteiger partial charge is 0.490 e. The SMILES string of the molecule is NNC(=O)c1ccccc1OCCOCCOCCOc1ccccc1C(=O)NN. The van der Waals surface area contributed by atoms with Crippen LogP contribution in [0.3, 0.4) is 0 Å². The molecule has 2 rings (SSSR count). The van der Waals surface area contributed by atoms with E-state index < -0.39 is 11.8 Å². The Hall–Kier alpha value is -3.18. The van der Waals surface area contributed by atoms with Crippen molar-refractivity contribution in [3.05, 3.63) is 59.7 Å². The van der Waals surface area contributed by atoms with Gasteiger partial charge in [0.2, 0.25) is 0 Å². The minimum Gasteiger partial charge on any atom is -0.490 e. The zero-order chi connectivity index (χ0) is 21.6. The summed E-state index contributed by atoms with van der Waals surface area (Å²) in [5, 5.41) is 0. The van der Waals surface area contributed by atoms with Gasteiger partial charge in [-0.15, -0.1) is 0 Å². The van der Waals surface area contributed by atoms with Gasteiger partial charge in [0.15, 0.2) is 0 Å². The third-order valence-electron chi connectivity index (χ3n) is 3.87. The van der Waals surface area contributed by atoms with Crippen LogP contribution < -0.4 is 32.0 Å². The van der Waals surface area contributed by atoms with E-state index in [-0.39, 0.29) is 13.2 Å². The standard InChI is InChI=1S/C20H26N4O6/c21-23-19(25)15-5-1-3-7-17(15)29-13-11-27-9-10-28-12-14-30-18-8-4-2-6-16(18)20(26)24-22/h1-8H,9-14,21-22H2,(H,23,25)(H,24,26). The number of nitrogens with two attached hydrogens (primary N) is 2. The normalized spacial score (nSPS) is 10.3. The van der Waals surface area contributed by atoms with Gasteiger partial charge < -0.3 is 18.9 Å². The predicted octanol–water partition coefficient (Wildman–Crippen LogP) is 0.385. The number of carbonyl (C=O) groups excluding carboxylic acids is 2. The predicted molar refractivity (Wildman–Crippen MR) is 109 cm³/mol. The molecule has 0 unspecified atom stereocenters. The summed E-state index contributed by atoms with van der Waals surface area (Å²) in [5.74, 6) is 10.3. The summed E-state index contributed by atoms with van der Waals surface area (Å²) in [7, 11) is 0. The molecule has 0 spiro atoms. The van der Waals surface area contributed by atoms with Crippen molar-refractivity contribution in [2.75, 3.05) is 39.6 Å². The molecule has 10 heteroatoms. The maximum atomic E-state index is 11.7. The molecule has 10 nitrogen and oxygen atoms in total. The Morgan fingerprint density at radius 3 is 1.40 bits per heavy atom. The molecule has 0 heterocycles. The number of amides is 2. The van der Waals surface area contributed by atoms with Crippen molar-refractivity contribution in [2.24, 2.45) is 11.7 Å². The molecule has 0 saturated heterocycles. The lowest BCUT2D eigenvalue weighted by molar-refractivity contribution is 0.0272. The molecule has 6 N–H and O–H groups in total. The lowest BCUT2D eigenvalue weighted by atomic mass is 10.2. The molecule has 0 aliphatic rings. The number of para-hydroxylation sites is 2. The number of hydrogen-bond donors (Lipinski definition) is 4. The summed E-state index contributed by atoms with van der Waals surface area (Å²) in [6.07, 6.45) is 0. The van der Waals surface area contributed by atoms with E-state index in [0.29, 0.717) is 49.1 Å². The average Bonchev–Trinajstić information content (AvgIpc) is 2.79. The van der Waals surface area contributed by atoms with Crippen LogP contribution in [0, 0.1) is 0 Å². The number of ether oxygens (including phenoxy) is 4. The zero-order valence-corrected chi connectivity index (χ0v) is 16.5. The number of carbonyl (C=O) groups is 2. The Morgan fingerprint density at radius 2 is 1.00 bits per heavy atom. The van der Waals surface area contributed by atoms with E-state index in [2.05, 4.69) is 10.9 Å². The van der Waals surface area contributed by atoms with E-state index in [1.54, 1.807) is 48.5 Å². The zero-order valence-electron chi connectivity index (χ0n) is 16.5.